The molecule has 14 heavy (non-hydrogen) atoms. The summed E-state index contributed by atoms with van der Waals surface area (Å²) in [6.07, 6.45) is 0.849. The molecule has 0 amide bonds. The number of carbonyl (C=O) groups excluding carboxylic acids is 1. The molecule has 1 nitrogen and oxygen atoms in total. The van der Waals surface area contributed by atoms with Crippen LogP contribution in [0.25, 0.3) is 10.1 Å². The molecule has 0 bridgehead atoms. The van der Waals surface area contributed by atoms with Crippen LogP contribution in [0.4, 0.5) is 0 Å². The summed E-state index contributed by atoms with van der Waals surface area (Å²) in [6.45, 7) is 0. The zero-order valence-electron chi connectivity index (χ0n) is 7.09. The smallest absolute Gasteiger partial charge is 0.150 e. The molecule has 4 heteroatoms. The molecule has 72 valence electrons. The molecule has 2 aromatic rings. The Hall–Kier alpha value is -0.380. The number of halogens is 2. The molecule has 1 heterocycles. The molecule has 0 saturated carbocycles. The first-order valence-electron chi connectivity index (χ1n) is 3.97. The van der Waals surface area contributed by atoms with E-state index >= 15 is 0 Å². The summed E-state index contributed by atoms with van der Waals surface area (Å²) in [5, 5.41) is 4.29. The van der Waals surface area contributed by atoms with Gasteiger partial charge in [-0.2, -0.15) is 0 Å². The third-order valence-corrected chi connectivity index (χ3v) is 3.95. The van der Waals surface area contributed by atoms with Gasteiger partial charge in [0.2, 0.25) is 0 Å². The highest BCUT2D eigenvalue weighted by Crippen LogP contribution is 2.34. The van der Waals surface area contributed by atoms with Gasteiger partial charge in [-0.05, 0) is 23.1 Å². The second-order valence-electron chi connectivity index (χ2n) is 2.84. The zero-order chi connectivity index (χ0) is 10.1. The van der Waals surface area contributed by atoms with Gasteiger partial charge in [0.15, 0.2) is 0 Å². The van der Waals surface area contributed by atoms with Gasteiger partial charge in [-0.1, -0.05) is 27.5 Å². The van der Waals surface area contributed by atoms with Gasteiger partial charge in [0.05, 0.1) is 5.02 Å². The molecule has 0 aliphatic rings. The minimum atomic E-state index is 0.603. The molecule has 0 radical (unpaired) electrons. The Bertz CT molecular complexity index is 492. The topological polar surface area (TPSA) is 17.1 Å². The minimum absolute atomic E-state index is 0.603. The van der Waals surface area contributed by atoms with Gasteiger partial charge in [0.1, 0.15) is 6.29 Å². The van der Waals surface area contributed by atoms with Gasteiger partial charge in [-0.3, -0.25) is 4.79 Å². The normalized spacial score (nSPS) is 10.7. The average molecular weight is 290 g/mol. The lowest BCUT2D eigenvalue weighted by molar-refractivity contribution is 0.112. The number of rotatable bonds is 2. The van der Waals surface area contributed by atoms with Crippen LogP contribution in [0.2, 0.25) is 5.02 Å². The standard InChI is InChI=1S/C10H6BrClOS/c11-4-8-6(5-13)3-9-7(10(8)12)1-2-14-9/h1-3,5H,4H2. The van der Waals surface area contributed by atoms with Crippen LogP contribution < -0.4 is 0 Å². The van der Waals surface area contributed by atoms with Crippen molar-refractivity contribution in [2.75, 3.05) is 0 Å². The first-order chi connectivity index (χ1) is 6.77. The number of hydrogen-bond acceptors (Lipinski definition) is 2. The van der Waals surface area contributed by atoms with E-state index in [4.69, 9.17) is 11.6 Å². The Kier molecular flexibility index (Phi) is 2.91. The van der Waals surface area contributed by atoms with Crippen LogP contribution in [0.15, 0.2) is 17.5 Å². The van der Waals surface area contributed by atoms with E-state index in [-0.39, 0.29) is 0 Å². The number of benzene rings is 1. The van der Waals surface area contributed by atoms with E-state index < -0.39 is 0 Å². The lowest BCUT2D eigenvalue weighted by Crippen LogP contribution is -1.90. The van der Waals surface area contributed by atoms with Crippen LogP contribution in [0.5, 0.6) is 0 Å². The predicted octanol–water partition coefficient (Wildman–Crippen LogP) is 4.26. The van der Waals surface area contributed by atoms with E-state index in [1.165, 1.54) is 0 Å². The molecule has 0 atom stereocenters. The van der Waals surface area contributed by atoms with Crippen molar-refractivity contribution in [3.63, 3.8) is 0 Å². The Morgan fingerprint density at radius 1 is 1.57 bits per heavy atom. The van der Waals surface area contributed by atoms with E-state index in [1.54, 1.807) is 11.3 Å². The van der Waals surface area contributed by atoms with Crippen molar-refractivity contribution in [1.82, 2.24) is 0 Å². The first-order valence-corrected chi connectivity index (χ1v) is 6.35. The molecular weight excluding hydrogens is 284 g/mol. The molecule has 0 aliphatic carbocycles. The van der Waals surface area contributed by atoms with Crippen LogP contribution in [0.1, 0.15) is 15.9 Å². The van der Waals surface area contributed by atoms with Crippen molar-refractivity contribution in [3.05, 3.63) is 33.7 Å². The van der Waals surface area contributed by atoms with Crippen molar-refractivity contribution < 1.29 is 4.79 Å². The molecule has 0 N–H and O–H groups in total. The van der Waals surface area contributed by atoms with E-state index in [1.807, 2.05) is 17.5 Å². The van der Waals surface area contributed by atoms with Gasteiger partial charge in [0, 0.05) is 21.0 Å². The molecule has 0 unspecified atom stereocenters. The van der Waals surface area contributed by atoms with Crippen molar-refractivity contribution >= 4 is 55.2 Å². The lowest BCUT2D eigenvalue weighted by Gasteiger charge is -2.04. The highest BCUT2D eigenvalue weighted by Gasteiger charge is 2.10. The predicted molar refractivity (Wildman–Crippen MR) is 64.9 cm³/mol. The molecule has 0 saturated heterocycles. The molecule has 1 aromatic heterocycles. The molecule has 0 fully saturated rings. The Morgan fingerprint density at radius 3 is 3.00 bits per heavy atom. The van der Waals surface area contributed by atoms with E-state index in [2.05, 4.69) is 15.9 Å². The van der Waals surface area contributed by atoms with Crippen molar-refractivity contribution in [2.24, 2.45) is 0 Å². The summed E-state index contributed by atoms with van der Waals surface area (Å²) in [5.74, 6) is 0. The fraction of sp³-hybridized carbons (Fsp3) is 0.100. The SMILES string of the molecule is O=Cc1cc2sccc2c(Cl)c1CBr. The largest absolute Gasteiger partial charge is 0.298 e. The van der Waals surface area contributed by atoms with Gasteiger partial charge in [-0.25, -0.2) is 0 Å². The van der Waals surface area contributed by atoms with E-state index in [0.717, 1.165) is 21.9 Å². The van der Waals surface area contributed by atoms with Crippen LogP contribution in [0, 0.1) is 0 Å². The van der Waals surface area contributed by atoms with Crippen LogP contribution in [-0.4, -0.2) is 6.29 Å². The fourth-order valence-corrected chi connectivity index (χ4v) is 3.38. The fourth-order valence-electron chi connectivity index (χ4n) is 1.37. The Labute approximate surface area is 98.8 Å². The maximum atomic E-state index is 10.8. The number of alkyl halides is 1. The zero-order valence-corrected chi connectivity index (χ0v) is 10.2. The summed E-state index contributed by atoms with van der Waals surface area (Å²) in [5.41, 5.74) is 1.54. The molecule has 0 spiro atoms. The summed E-state index contributed by atoms with van der Waals surface area (Å²) in [4.78, 5) is 10.8. The van der Waals surface area contributed by atoms with Gasteiger partial charge in [-0.15, -0.1) is 11.3 Å². The molecule has 1 aromatic carbocycles. The van der Waals surface area contributed by atoms with Crippen molar-refractivity contribution in [3.8, 4) is 0 Å². The third-order valence-electron chi connectivity index (χ3n) is 2.09. The Balaban J connectivity index is 2.85. The maximum absolute atomic E-state index is 10.8. The lowest BCUT2D eigenvalue weighted by atomic mass is 10.1. The minimum Gasteiger partial charge on any atom is -0.298 e. The second-order valence-corrected chi connectivity index (χ2v) is 4.73. The second kappa shape index (κ2) is 4.01. The Morgan fingerprint density at radius 2 is 2.36 bits per heavy atom. The quantitative estimate of drug-likeness (QED) is 0.596. The summed E-state index contributed by atoms with van der Waals surface area (Å²) in [7, 11) is 0. The van der Waals surface area contributed by atoms with Crippen LogP contribution >= 0.6 is 38.9 Å². The molecule has 2 rings (SSSR count). The summed E-state index contributed by atoms with van der Waals surface area (Å²) < 4.78 is 1.06. The van der Waals surface area contributed by atoms with Crippen LogP contribution in [0.3, 0.4) is 0 Å². The van der Waals surface area contributed by atoms with Gasteiger partial charge >= 0.3 is 0 Å². The van der Waals surface area contributed by atoms with Crippen molar-refractivity contribution in [2.45, 2.75) is 5.33 Å². The molecule has 0 aliphatic heterocycles. The highest BCUT2D eigenvalue weighted by molar-refractivity contribution is 9.08. The first kappa shape index (κ1) is 10.1. The number of fused-ring (bicyclic) bond motifs is 1. The van der Waals surface area contributed by atoms with Crippen LogP contribution in [-0.2, 0) is 5.33 Å². The monoisotopic (exact) mass is 288 g/mol. The third kappa shape index (κ3) is 1.49. The number of aldehydes is 1. The van der Waals surface area contributed by atoms with Gasteiger partial charge < -0.3 is 0 Å². The van der Waals surface area contributed by atoms with Gasteiger partial charge in [0.25, 0.3) is 0 Å². The number of hydrogen-bond donors (Lipinski definition) is 0. The average Bonchev–Trinajstić information content (AvgIpc) is 2.65. The highest BCUT2D eigenvalue weighted by atomic mass is 79.9. The van der Waals surface area contributed by atoms with E-state index in [0.29, 0.717) is 15.9 Å². The van der Waals surface area contributed by atoms with Crippen molar-refractivity contribution in [1.29, 1.82) is 0 Å². The summed E-state index contributed by atoms with van der Waals surface area (Å²) in [6, 6.07) is 3.86. The summed E-state index contributed by atoms with van der Waals surface area (Å²) >= 11 is 11.1. The maximum Gasteiger partial charge on any atom is 0.150 e. The molecular formula is C10H6BrClOS. The number of carbonyl (C=O) groups is 1. The van der Waals surface area contributed by atoms with E-state index in [9.17, 15) is 4.79 Å². The number of thiophene rings is 1.